The molecule has 0 bridgehead atoms. The first-order chi connectivity index (χ1) is 14.4. The maximum atomic E-state index is 5.94. The van der Waals surface area contributed by atoms with Crippen molar-refractivity contribution in [3.8, 4) is 0 Å². The van der Waals surface area contributed by atoms with Gasteiger partial charge in [-0.15, -0.1) is 0 Å². The molecule has 0 radical (unpaired) electrons. The molecular weight excluding hydrogens is 362 g/mol. The predicted molar refractivity (Wildman–Crippen MR) is 116 cm³/mol. The Hall–Kier alpha value is -2.76. The summed E-state index contributed by atoms with van der Waals surface area (Å²) in [5.41, 5.74) is 4.35. The van der Waals surface area contributed by atoms with E-state index in [2.05, 4.69) is 45.9 Å². The Balaban J connectivity index is 1.45. The molecule has 5 nitrogen and oxygen atoms in total. The Kier molecular flexibility index (Phi) is 6.49. The second-order valence-electron chi connectivity index (χ2n) is 7.03. The number of ether oxygens (including phenoxy) is 2. The SMILES string of the molecule is CCOCc1nc2cnc3ccccc3c2n1CCOCCCc1ccccc1. The summed E-state index contributed by atoms with van der Waals surface area (Å²) in [4.78, 5) is 9.32. The maximum absolute atomic E-state index is 5.94. The molecule has 2 aromatic carbocycles. The zero-order chi connectivity index (χ0) is 19.9. The lowest BCUT2D eigenvalue weighted by Gasteiger charge is -2.11. The molecule has 0 spiro atoms. The van der Waals surface area contributed by atoms with E-state index in [0.29, 0.717) is 19.8 Å². The van der Waals surface area contributed by atoms with Crippen LogP contribution in [0.1, 0.15) is 24.7 Å². The summed E-state index contributed by atoms with van der Waals surface area (Å²) in [6.07, 6.45) is 3.92. The van der Waals surface area contributed by atoms with E-state index in [1.165, 1.54) is 5.56 Å². The first-order valence-corrected chi connectivity index (χ1v) is 10.3. The van der Waals surface area contributed by atoms with Crippen LogP contribution in [0.4, 0.5) is 0 Å². The normalized spacial score (nSPS) is 11.5. The molecule has 0 aliphatic heterocycles. The summed E-state index contributed by atoms with van der Waals surface area (Å²) < 4.78 is 13.8. The highest BCUT2D eigenvalue weighted by atomic mass is 16.5. The van der Waals surface area contributed by atoms with Gasteiger partial charge in [0.1, 0.15) is 17.9 Å². The van der Waals surface area contributed by atoms with E-state index in [9.17, 15) is 0 Å². The Morgan fingerprint density at radius 2 is 1.72 bits per heavy atom. The van der Waals surface area contributed by atoms with Crippen molar-refractivity contribution in [2.45, 2.75) is 32.9 Å². The van der Waals surface area contributed by atoms with Gasteiger partial charge >= 0.3 is 0 Å². The fourth-order valence-electron chi connectivity index (χ4n) is 3.64. The number of hydrogen-bond donors (Lipinski definition) is 0. The van der Waals surface area contributed by atoms with E-state index >= 15 is 0 Å². The van der Waals surface area contributed by atoms with Gasteiger partial charge < -0.3 is 14.0 Å². The number of pyridine rings is 1. The number of nitrogens with zero attached hydrogens (tertiary/aromatic N) is 3. The molecule has 2 heterocycles. The highest BCUT2D eigenvalue weighted by molar-refractivity contribution is 6.02. The molecule has 4 aromatic rings. The molecule has 0 aliphatic carbocycles. The number of rotatable bonds is 10. The van der Waals surface area contributed by atoms with Crippen LogP contribution in [0.25, 0.3) is 21.9 Å². The lowest BCUT2D eigenvalue weighted by molar-refractivity contribution is 0.112. The van der Waals surface area contributed by atoms with Crippen LogP contribution in [0, 0.1) is 0 Å². The molecule has 0 amide bonds. The van der Waals surface area contributed by atoms with Crippen LogP contribution in [0.2, 0.25) is 0 Å². The van der Waals surface area contributed by atoms with Gasteiger partial charge in [-0.1, -0.05) is 48.5 Å². The Morgan fingerprint density at radius 1 is 0.897 bits per heavy atom. The third-order valence-electron chi connectivity index (χ3n) is 5.05. The predicted octanol–water partition coefficient (Wildman–Crippen LogP) is 4.77. The van der Waals surface area contributed by atoms with Crippen LogP contribution >= 0.6 is 0 Å². The van der Waals surface area contributed by atoms with Crippen molar-refractivity contribution in [3.63, 3.8) is 0 Å². The topological polar surface area (TPSA) is 49.2 Å². The molecule has 0 saturated carbocycles. The molecule has 0 saturated heterocycles. The van der Waals surface area contributed by atoms with Crippen LogP contribution in [0.3, 0.4) is 0 Å². The van der Waals surface area contributed by atoms with Gasteiger partial charge in [0.15, 0.2) is 0 Å². The van der Waals surface area contributed by atoms with Crippen molar-refractivity contribution < 1.29 is 9.47 Å². The van der Waals surface area contributed by atoms with Gasteiger partial charge in [-0.05, 0) is 31.4 Å². The third kappa shape index (κ3) is 4.63. The van der Waals surface area contributed by atoms with Crippen LogP contribution in [-0.4, -0.2) is 34.4 Å². The van der Waals surface area contributed by atoms with Gasteiger partial charge in [0.05, 0.1) is 23.8 Å². The van der Waals surface area contributed by atoms with Gasteiger partial charge in [0, 0.05) is 25.1 Å². The molecule has 0 unspecified atom stereocenters. The second kappa shape index (κ2) is 9.63. The van der Waals surface area contributed by atoms with E-state index in [1.54, 1.807) is 0 Å². The van der Waals surface area contributed by atoms with E-state index in [0.717, 1.165) is 53.8 Å². The summed E-state index contributed by atoms with van der Waals surface area (Å²) in [6.45, 7) is 5.31. The fraction of sp³-hybridized carbons (Fsp3) is 0.333. The molecule has 5 heteroatoms. The quantitative estimate of drug-likeness (QED) is 0.367. The van der Waals surface area contributed by atoms with Crippen molar-refractivity contribution in [2.24, 2.45) is 0 Å². The molecule has 0 atom stereocenters. The van der Waals surface area contributed by atoms with Gasteiger partial charge in [-0.2, -0.15) is 0 Å². The summed E-state index contributed by atoms with van der Waals surface area (Å²) in [5.74, 6) is 0.924. The summed E-state index contributed by atoms with van der Waals surface area (Å²) in [6, 6.07) is 18.7. The van der Waals surface area contributed by atoms with Crippen LogP contribution in [0.15, 0.2) is 60.8 Å². The monoisotopic (exact) mass is 389 g/mol. The van der Waals surface area contributed by atoms with Crippen LogP contribution < -0.4 is 0 Å². The highest BCUT2D eigenvalue weighted by Crippen LogP contribution is 2.25. The number of benzene rings is 2. The van der Waals surface area contributed by atoms with Crippen molar-refractivity contribution in [1.29, 1.82) is 0 Å². The van der Waals surface area contributed by atoms with Gasteiger partial charge in [-0.25, -0.2) is 4.98 Å². The minimum absolute atomic E-state index is 0.494. The largest absolute Gasteiger partial charge is 0.380 e. The number of hydrogen-bond acceptors (Lipinski definition) is 4. The van der Waals surface area contributed by atoms with Gasteiger partial charge in [0.25, 0.3) is 0 Å². The van der Waals surface area contributed by atoms with E-state index in [4.69, 9.17) is 14.5 Å². The van der Waals surface area contributed by atoms with E-state index < -0.39 is 0 Å². The van der Waals surface area contributed by atoms with Gasteiger partial charge in [0.2, 0.25) is 0 Å². The summed E-state index contributed by atoms with van der Waals surface area (Å²) in [5, 5.41) is 1.12. The zero-order valence-electron chi connectivity index (χ0n) is 16.9. The second-order valence-corrected chi connectivity index (χ2v) is 7.03. The summed E-state index contributed by atoms with van der Waals surface area (Å²) >= 11 is 0. The number of fused-ring (bicyclic) bond motifs is 3. The van der Waals surface area contributed by atoms with Crippen molar-refractivity contribution in [2.75, 3.05) is 19.8 Å². The van der Waals surface area contributed by atoms with E-state index in [1.807, 2.05) is 31.3 Å². The smallest absolute Gasteiger partial charge is 0.136 e. The third-order valence-corrected chi connectivity index (χ3v) is 5.05. The Bertz CT molecular complexity index is 1060. The van der Waals surface area contributed by atoms with Crippen molar-refractivity contribution in [3.05, 3.63) is 72.2 Å². The molecule has 2 aromatic heterocycles. The number of aryl methyl sites for hydroxylation is 1. The lowest BCUT2D eigenvalue weighted by atomic mass is 10.1. The average molecular weight is 389 g/mol. The summed E-state index contributed by atoms with van der Waals surface area (Å²) in [7, 11) is 0. The first kappa shape index (κ1) is 19.6. The number of para-hydroxylation sites is 1. The van der Waals surface area contributed by atoms with E-state index in [-0.39, 0.29) is 0 Å². The molecule has 29 heavy (non-hydrogen) atoms. The fourth-order valence-corrected chi connectivity index (χ4v) is 3.64. The minimum atomic E-state index is 0.494. The van der Waals surface area contributed by atoms with Crippen molar-refractivity contribution >= 4 is 21.9 Å². The average Bonchev–Trinajstić information content (AvgIpc) is 3.13. The van der Waals surface area contributed by atoms with Crippen LogP contribution in [0.5, 0.6) is 0 Å². The molecule has 4 rings (SSSR count). The first-order valence-electron chi connectivity index (χ1n) is 10.3. The molecule has 0 fully saturated rings. The lowest BCUT2D eigenvalue weighted by Crippen LogP contribution is -2.11. The molecule has 150 valence electrons. The minimum Gasteiger partial charge on any atom is -0.380 e. The standard InChI is InChI=1S/C24H27N3O2/c1-2-28-18-23-26-22-17-25-21-13-7-6-12-20(21)24(22)27(23)14-16-29-15-8-11-19-9-4-3-5-10-19/h3-7,9-10,12-13,17H,2,8,11,14-16,18H2,1H3. The van der Waals surface area contributed by atoms with Gasteiger partial charge in [-0.3, -0.25) is 4.98 Å². The molecule has 0 N–H and O–H groups in total. The number of imidazole rings is 1. The number of aromatic nitrogens is 3. The Labute approximate surface area is 171 Å². The highest BCUT2D eigenvalue weighted by Gasteiger charge is 2.14. The molecule has 0 aliphatic rings. The Morgan fingerprint density at radius 3 is 2.59 bits per heavy atom. The van der Waals surface area contributed by atoms with Crippen molar-refractivity contribution in [1.82, 2.24) is 14.5 Å². The zero-order valence-corrected chi connectivity index (χ0v) is 16.9. The maximum Gasteiger partial charge on any atom is 0.136 e. The van der Waals surface area contributed by atoms with Crippen LogP contribution in [-0.2, 0) is 29.0 Å². The molecular formula is C24H27N3O2.